The molecule has 2 fully saturated rings. The van der Waals surface area contributed by atoms with Crippen molar-refractivity contribution < 1.29 is 14.6 Å². The van der Waals surface area contributed by atoms with Crippen LogP contribution in [-0.4, -0.2) is 42.9 Å². The number of nitrogens with zero attached hydrogens (tertiary/aromatic N) is 1. The van der Waals surface area contributed by atoms with Crippen LogP contribution in [0.15, 0.2) is 36.0 Å². The predicted octanol–water partition coefficient (Wildman–Crippen LogP) is 3.85. The molecule has 1 saturated heterocycles. The summed E-state index contributed by atoms with van der Waals surface area (Å²) in [6.45, 7) is 4.68. The summed E-state index contributed by atoms with van der Waals surface area (Å²) in [5, 5.41) is 9.37. The Kier molecular flexibility index (Phi) is 6.24. The summed E-state index contributed by atoms with van der Waals surface area (Å²) in [5.41, 5.74) is 1.38. The van der Waals surface area contributed by atoms with Crippen molar-refractivity contribution in [3.63, 3.8) is 0 Å². The number of para-hydroxylation sites is 2. The number of aliphatic hydroxyl groups excluding tert-OH is 1. The van der Waals surface area contributed by atoms with E-state index in [2.05, 4.69) is 11.9 Å². The van der Waals surface area contributed by atoms with Gasteiger partial charge in [0.1, 0.15) is 0 Å². The molecule has 0 radical (unpaired) electrons. The molecule has 0 spiro atoms. The third kappa shape index (κ3) is 5.15. The fourth-order valence-corrected chi connectivity index (χ4v) is 3.48. The molecule has 4 nitrogen and oxygen atoms in total. The molecule has 0 aromatic heterocycles. The van der Waals surface area contributed by atoms with Gasteiger partial charge in [-0.1, -0.05) is 12.1 Å². The second-order valence-electron chi connectivity index (χ2n) is 7.28. The molecule has 25 heavy (non-hydrogen) atoms. The van der Waals surface area contributed by atoms with E-state index >= 15 is 0 Å². The average molecular weight is 345 g/mol. The van der Waals surface area contributed by atoms with E-state index in [1.54, 1.807) is 0 Å². The summed E-state index contributed by atoms with van der Waals surface area (Å²) in [5.74, 6) is 3.27. The summed E-state index contributed by atoms with van der Waals surface area (Å²) in [6, 6.07) is 7.86. The first-order valence-electron chi connectivity index (χ1n) is 9.63. The van der Waals surface area contributed by atoms with Gasteiger partial charge in [0.2, 0.25) is 0 Å². The van der Waals surface area contributed by atoms with Crippen LogP contribution in [0.3, 0.4) is 0 Å². The number of fused-ring (bicyclic) bond motifs is 1. The summed E-state index contributed by atoms with van der Waals surface area (Å²) in [6.07, 6.45) is 7.91. The van der Waals surface area contributed by atoms with Gasteiger partial charge < -0.3 is 19.5 Å². The van der Waals surface area contributed by atoms with Gasteiger partial charge in [-0.3, -0.25) is 0 Å². The first-order valence-corrected chi connectivity index (χ1v) is 9.63. The average Bonchev–Trinajstić information content (AvgIpc) is 3.38. The fraction of sp³-hybridized carbons (Fsp3) is 0.619. The molecule has 1 aromatic carbocycles. The number of benzene rings is 1. The Morgan fingerprint density at radius 2 is 1.76 bits per heavy atom. The maximum atomic E-state index is 9.37. The lowest BCUT2D eigenvalue weighted by Crippen LogP contribution is -2.20. The van der Waals surface area contributed by atoms with Crippen molar-refractivity contribution in [1.82, 2.24) is 4.90 Å². The van der Waals surface area contributed by atoms with E-state index in [1.165, 1.54) is 37.9 Å². The lowest BCUT2D eigenvalue weighted by atomic mass is 9.91. The van der Waals surface area contributed by atoms with Crippen molar-refractivity contribution in [3.05, 3.63) is 36.0 Å². The van der Waals surface area contributed by atoms with E-state index in [1.807, 2.05) is 37.3 Å². The molecule has 2 aliphatic carbocycles. The molecule has 1 aliphatic heterocycles. The Balaban J connectivity index is 0.000000150. The number of hydrogen-bond acceptors (Lipinski definition) is 4. The van der Waals surface area contributed by atoms with Gasteiger partial charge >= 0.3 is 0 Å². The molecular formula is C21H31NO3. The number of aliphatic hydroxyl groups is 1. The Morgan fingerprint density at radius 3 is 2.44 bits per heavy atom. The largest absolute Gasteiger partial charge is 0.490 e. The van der Waals surface area contributed by atoms with Crippen molar-refractivity contribution in [2.45, 2.75) is 45.1 Å². The number of rotatable bonds is 5. The van der Waals surface area contributed by atoms with Crippen LogP contribution >= 0.6 is 0 Å². The van der Waals surface area contributed by atoms with Crippen molar-refractivity contribution in [3.8, 4) is 11.5 Å². The third-order valence-electron chi connectivity index (χ3n) is 5.17. The van der Waals surface area contributed by atoms with Gasteiger partial charge in [0.05, 0.1) is 19.3 Å². The van der Waals surface area contributed by atoms with E-state index in [-0.39, 0.29) is 6.10 Å². The lowest BCUT2D eigenvalue weighted by Gasteiger charge is -2.24. The second kappa shape index (κ2) is 8.61. The quantitative estimate of drug-likeness (QED) is 0.880. The SMILES string of the molecule is CCOc1ccccc1OCC1CC1.CN1CCC2CCC(O)C=C21. The zero-order valence-corrected chi connectivity index (χ0v) is 15.5. The second-order valence-corrected chi connectivity index (χ2v) is 7.28. The van der Waals surface area contributed by atoms with Crippen LogP contribution < -0.4 is 9.47 Å². The maximum absolute atomic E-state index is 9.37. The van der Waals surface area contributed by atoms with Crippen molar-refractivity contribution in [2.75, 3.05) is 26.8 Å². The molecule has 1 saturated carbocycles. The minimum Gasteiger partial charge on any atom is -0.490 e. The highest BCUT2D eigenvalue weighted by Crippen LogP contribution is 2.34. The molecular weight excluding hydrogens is 314 g/mol. The van der Waals surface area contributed by atoms with Crippen LogP contribution in [0.4, 0.5) is 0 Å². The van der Waals surface area contributed by atoms with Crippen LogP contribution in [0.5, 0.6) is 11.5 Å². The fourth-order valence-electron chi connectivity index (χ4n) is 3.48. The van der Waals surface area contributed by atoms with E-state index in [0.29, 0.717) is 6.61 Å². The molecule has 0 bridgehead atoms. The van der Waals surface area contributed by atoms with Crippen LogP contribution in [0, 0.1) is 11.8 Å². The smallest absolute Gasteiger partial charge is 0.161 e. The molecule has 2 unspecified atom stereocenters. The Hall–Kier alpha value is -1.68. The van der Waals surface area contributed by atoms with Gasteiger partial charge in [-0.05, 0) is 63.2 Å². The zero-order valence-electron chi connectivity index (χ0n) is 15.5. The van der Waals surface area contributed by atoms with Gasteiger partial charge in [0, 0.05) is 25.2 Å². The van der Waals surface area contributed by atoms with Crippen LogP contribution in [0.1, 0.15) is 39.0 Å². The Bertz CT molecular complexity index is 582. The van der Waals surface area contributed by atoms with Gasteiger partial charge in [0.15, 0.2) is 11.5 Å². The van der Waals surface area contributed by atoms with E-state index in [0.717, 1.165) is 36.4 Å². The predicted molar refractivity (Wildman–Crippen MR) is 99.9 cm³/mol. The topological polar surface area (TPSA) is 41.9 Å². The highest BCUT2D eigenvalue weighted by Gasteiger charge is 2.29. The third-order valence-corrected chi connectivity index (χ3v) is 5.17. The van der Waals surface area contributed by atoms with Gasteiger partial charge in [-0.15, -0.1) is 0 Å². The minimum absolute atomic E-state index is 0.179. The summed E-state index contributed by atoms with van der Waals surface area (Å²) < 4.78 is 11.2. The molecule has 3 aliphatic rings. The molecule has 1 N–H and O–H groups in total. The highest BCUT2D eigenvalue weighted by molar-refractivity contribution is 5.39. The summed E-state index contributed by atoms with van der Waals surface area (Å²) in [4.78, 5) is 2.27. The number of likely N-dealkylation sites (tertiary alicyclic amines) is 1. The molecule has 1 aromatic rings. The number of allylic oxidation sites excluding steroid dienone is 1. The standard InChI is InChI=1S/C12H16O2.C9H15NO/c1-2-13-11-5-3-4-6-12(11)14-9-10-7-8-10;1-10-5-4-7-2-3-8(11)6-9(7)10/h3-6,10H,2,7-9H2,1H3;6-8,11H,2-5H2,1H3. The molecule has 2 atom stereocenters. The number of hydrogen-bond donors (Lipinski definition) is 1. The molecule has 0 amide bonds. The van der Waals surface area contributed by atoms with Crippen LogP contribution in [-0.2, 0) is 0 Å². The normalized spacial score (nSPS) is 24.8. The number of ether oxygens (including phenoxy) is 2. The van der Waals surface area contributed by atoms with Crippen LogP contribution in [0.2, 0.25) is 0 Å². The summed E-state index contributed by atoms with van der Waals surface area (Å²) in [7, 11) is 2.11. The molecule has 4 rings (SSSR count). The summed E-state index contributed by atoms with van der Waals surface area (Å²) >= 11 is 0. The Morgan fingerprint density at radius 1 is 1.04 bits per heavy atom. The highest BCUT2D eigenvalue weighted by atomic mass is 16.5. The van der Waals surface area contributed by atoms with E-state index in [4.69, 9.17) is 9.47 Å². The van der Waals surface area contributed by atoms with Crippen molar-refractivity contribution in [2.24, 2.45) is 11.8 Å². The Labute approximate surface area is 151 Å². The monoisotopic (exact) mass is 345 g/mol. The minimum atomic E-state index is -0.179. The van der Waals surface area contributed by atoms with Gasteiger partial charge in [-0.2, -0.15) is 0 Å². The van der Waals surface area contributed by atoms with Gasteiger partial charge in [-0.25, -0.2) is 0 Å². The van der Waals surface area contributed by atoms with Crippen LogP contribution in [0.25, 0.3) is 0 Å². The molecule has 1 heterocycles. The van der Waals surface area contributed by atoms with Gasteiger partial charge in [0.25, 0.3) is 0 Å². The van der Waals surface area contributed by atoms with Crippen molar-refractivity contribution >= 4 is 0 Å². The van der Waals surface area contributed by atoms with E-state index in [9.17, 15) is 5.11 Å². The van der Waals surface area contributed by atoms with E-state index < -0.39 is 0 Å². The van der Waals surface area contributed by atoms with Crippen molar-refractivity contribution in [1.29, 1.82) is 0 Å². The first kappa shape index (κ1) is 18.1. The molecule has 138 valence electrons. The lowest BCUT2D eigenvalue weighted by molar-refractivity contribution is 0.189. The first-order chi connectivity index (χ1) is 12.2. The zero-order chi connectivity index (χ0) is 17.6. The molecule has 4 heteroatoms. The maximum Gasteiger partial charge on any atom is 0.161 e.